The number of aromatic amines is 1. The molecule has 36 nitrogen and oxygen atoms in total. The van der Waals surface area contributed by atoms with Gasteiger partial charge in [-0.15, -0.1) is 11.8 Å². The lowest BCUT2D eigenvalue weighted by molar-refractivity contribution is -0.152. The van der Waals surface area contributed by atoms with E-state index < -0.39 is 228 Å². The number of phenols is 1. The second-order valence-electron chi connectivity index (χ2n) is 34.3. The van der Waals surface area contributed by atoms with E-state index in [9.17, 15) is 58.1 Å². The zero-order valence-electron chi connectivity index (χ0n) is 74.9. The third-order valence-corrected chi connectivity index (χ3v) is 24.6. The van der Waals surface area contributed by atoms with Crippen molar-refractivity contribution < 1.29 is 101 Å². The topological polar surface area (TPSA) is 517 Å². The van der Waals surface area contributed by atoms with Gasteiger partial charge in [-0.25, -0.2) is 4.39 Å². The van der Waals surface area contributed by atoms with Gasteiger partial charge in [0.05, 0.1) is 25.1 Å². The molecule has 3 aliphatic rings. The number of hydrogen-bond donors (Lipinski definition) is 14. The van der Waals surface area contributed by atoms with Crippen molar-refractivity contribution in [1.82, 2.24) is 77.3 Å². The third-order valence-electron chi connectivity index (χ3n) is 23.5. The lowest BCUT2D eigenvalue weighted by atomic mass is 9.98. The molecule has 0 unspecified atom stereocenters. The lowest BCUT2D eigenvalue weighted by Crippen LogP contribution is -2.62. The number of carbonyl (C=O) groups excluding carboxylic acids is 15. The smallest absolute Gasteiger partial charge is 0.305 e. The summed E-state index contributed by atoms with van der Waals surface area (Å²) in [4.78, 5) is 259. The van der Waals surface area contributed by atoms with Gasteiger partial charge in [-0.2, -0.15) is 0 Å². The first-order valence-electron chi connectivity index (χ1n) is 43.9. The Hall–Kier alpha value is -13.3. The number of phenolic OH excluding ortho intramolecular Hbond substituents is 1. The number of para-hydroxylation sites is 1. The average Bonchev–Trinajstić information content (AvgIpc) is 1.79. The first kappa shape index (κ1) is 101. The molecule has 13 atom stereocenters. The van der Waals surface area contributed by atoms with E-state index in [0.29, 0.717) is 51.6 Å². The Morgan fingerprint density at radius 2 is 1.01 bits per heavy atom. The summed E-state index contributed by atoms with van der Waals surface area (Å²) in [5, 5.41) is 55.6. The standard InChI is InChI=1S/C93H119FN16O20S/c1-10-11-23-73-92(129)110-39-18-25-72(110)87(124)102-67(46-78(114)115)85(122)105-80(53(4)5)93(130)107(8)74(43-58-28-26-54(6)27-29-58)88(125)103-69(47-79(116)117)90(127)109-38-17-24-71(109)86(123)101-66(45-59-48-96-63-22-16-15-21-62(59)63)84(121)100-65(41-57-32-36-61(111)37-33-57)83(120)99-64(40-52(2)3)82(119)104-70(81(118)97-49-76(95)112)50-131-51-77(113)98-68(42-56-30-34-60(94)35-31-56)89(126)108(9)75(91(128)106(73)7)44-55-19-13-12-14-20-55/h12-16,19-22,26-37,48,52-53,64-75,80,96,111H,10-11,17-18,23-25,38-47,49-51H2,1-9H3,(H2,95,112)(H,97,118)(H,98,113)(H,99,120)(H,100,121)(H,101,123)(H,102,124)(H,103,125)(H,104,119)(H,105,122)(H,114,115)(H,116,117)/t64-,65-,66-,67-,68-,69-,70-,71+,72+,73-,74+,75-,80-/m0/s1. The van der Waals surface area contributed by atoms with Gasteiger partial charge in [0.15, 0.2) is 0 Å². The van der Waals surface area contributed by atoms with Crippen LogP contribution in [0.4, 0.5) is 4.39 Å². The van der Waals surface area contributed by atoms with Gasteiger partial charge in [0, 0.05) is 89.2 Å². The summed E-state index contributed by atoms with van der Waals surface area (Å²) in [6, 6.07) is 12.3. The normalized spacial score (nSPS) is 23.7. The van der Waals surface area contributed by atoms with Gasteiger partial charge in [-0.05, 0) is 115 Å². The van der Waals surface area contributed by atoms with Crippen LogP contribution in [0.15, 0.2) is 134 Å². The van der Waals surface area contributed by atoms with Crippen LogP contribution in [0.3, 0.4) is 0 Å². The summed E-state index contributed by atoms with van der Waals surface area (Å²) in [6.45, 7) is 9.20. The fraction of sp³-hybridized carbons (Fsp3) is 0.473. The van der Waals surface area contributed by atoms with Crippen LogP contribution in [0.5, 0.6) is 5.75 Å². The van der Waals surface area contributed by atoms with Crippen LogP contribution >= 0.6 is 11.8 Å². The number of nitrogens with one attached hydrogen (secondary N) is 10. The van der Waals surface area contributed by atoms with Crippen LogP contribution in [-0.4, -0.2) is 276 Å². The molecule has 15 N–H and O–H groups in total. The van der Waals surface area contributed by atoms with E-state index in [4.69, 9.17) is 5.73 Å². The number of aromatic hydroxyl groups is 1. The number of H-pyrrole nitrogens is 1. The van der Waals surface area contributed by atoms with Crippen molar-refractivity contribution in [2.45, 2.75) is 216 Å². The molecule has 0 aliphatic carbocycles. The number of aromatic nitrogens is 1. The average molecular weight is 1830 g/mol. The predicted molar refractivity (Wildman–Crippen MR) is 481 cm³/mol. The Morgan fingerprint density at radius 1 is 0.511 bits per heavy atom. The molecular weight excluding hydrogens is 1710 g/mol. The third kappa shape index (κ3) is 28.6. The van der Waals surface area contributed by atoms with Gasteiger partial charge in [-0.1, -0.05) is 150 Å². The number of amides is 15. The molecule has 3 fully saturated rings. The van der Waals surface area contributed by atoms with E-state index >= 15 is 43.2 Å². The predicted octanol–water partition coefficient (Wildman–Crippen LogP) is 2.37. The number of halogens is 1. The molecule has 4 heterocycles. The monoisotopic (exact) mass is 1830 g/mol. The molecule has 3 aliphatic heterocycles. The van der Waals surface area contributed by atoms with Gasteiger partial charge in [-0.3, -0.25) is 81.5 Å². The van der Waals surface area contributed by atoms with Gasteiger partial charge in [0.25, 0.3) is 0 Å². The maximum Gasteiger partial charge on any atom is 0.305 e. The first-order valence-corrected chi connectivity index (χ1v) is 45.0. The van der Waals surface area contributed by atoms with E-state index in [2.05, 4.69) is 52.8 Å². The van der Waals surface area contributed by atoms with Crippen LogP contribution < -0.4 is 53.6 Å². The Morgan fingerprint density at radius 3 is 1.61 bits per heavy atom. The molecule has 9 rings (SSSR count). The molecule has 0 spiro atoms. The number of aryl methyl sites for hydroxylation is 1. The van der Waals surface area contributed by atoms with Crippen LogP contribution in [-0.2, 0) is 114 Å². The second-order valence-corrected chi connectivity index (χ2v) is 35.3. The number of rotatable bonds is 23. The lowest BCUT2D eigenvalue weighted by Gasteiger charge is -2.38. The molecule has 1 aromatic heterocycles. The van der Waals surface area contributed by atoms with Crippen molar-refractivity contribution in [2.75, 3.05) is 52.3 Å². The van der Waals surface area contributed by atoms with Crippen LogP contribution in [0.25, 0.3) is 10.9 Å². The van der Waals surface area contributed by atoms with E-state index in [0.717, 1.165) is 44.2 Å². The van der Waals surface area contributed by atoms with E-state index in [-0.39, 0.29) is 89.5 Å². The van der Waals surface area contributed by atoms with Gasteiger partial charge in [0.2, 0.25) is 88.6 Å². The number of unbranched alkanes of at least 4 members (excludes halogenated alkanes) is 1. The maximum atomic E-state index is 15.7. The molecule has 15 amide bonds. The molecular formula is C93H119FN16O20S. The summed E-state index contributed by atoms with van der Waals surface area (Å²) in [5.74, 6) is -20.4. The maximum absolute atomic E-state index is 15.7. The quantitative estimate of drug-likeness (QED) is 0.0438. The first-order chi connectivity index (χ1) is 62.3. The highest BCUT2D eigenvalue weighted by Gasteiger charge is 2.47. The fourth-order valence-electron chi connectivity index (χ4n) is 16.3. The number of carbonyl (C=O) groups is 17. The van der Waals surface area contributed by atoms with Crippen molar-refractivity contribution in [2.24, 2.45) is 17.6 Å². The number of fused-ring (bicyclic) bond motifs is 3. The van der Waals surface area contributed by atoms with Crippen LogP contribution in [0, 0.1) is 24.6 Å². The van der Waals surface area contributed by atoms with Crippen LogP contribution in [0.2, 0.25) is 0 Å². The van der Waals surface area contributed by atoms with Crippen molar-refractivity contribution >= 4 is 123 Å². The minimum atomic E-state index is -1.95. The van der Waals surface area contributed by atoms with E-state index in [1.54, 1.807) is 106 Å². The Bertz CT molecular complexity index is 5100. The summed E-state index contributed by atoms with van der Waals surface area (Å²) in [5.41, 5.74) is 9.11. The number of thioether (sulfide) groups is 1. The molecule has 5 aromatic carbocycles. The molecule has 38 heteroatoms. The Balaban J connectivity index is 1.12. The molecule has 704 valence electrons. The van der Waals surface area contributed by atoms with Crippen molar-refractivity contribution in [3.63, 3.8) is 0 Å². The minimum absolute atomic E-state index is 0.0117. The Kier molecular flexibility index (Phi) is 37.1. The van der Waals surface area contributed by atoms with Crippen molar-refractivity contribution in [3.05, 3.63) is 173 Å². The molecule has 0 saturated carbocycles. The summed E-state index contributed by atoms with van der Waals surface area (Å²) in [7, 11) is 3.91. The molecule has 0 bridgehead atoms. The zero-order valence-corrected chi connectivity index (χ0v) is 75.7. The highest BCUT2D eigenvalue weighted by molar-refractivity contribution is 8.00. The number of nitrogens with zero attached hydrogens (tertiary/aromatic N) is 5. The summed E-state index contributed by atoms with van der Waals surface area (Å²) < 4.78 is 14.6. The molecule has 131 heavy (non-hydrogen) atoms. The molecule has 6 aromatic rings. The van der Waals surface area contributed by atoms with Gasteiger partial charge >= 0.3 is 11.9 Å². The number of nitrogens with two attached hydrogens (primary N) is 1. The van der Waals surface area contributed by atoms with E-state index in [1.165, 1.54) is 81.2 Å². The zero-order chi connectivity index (χ0) is 95.6. The van der Waals surface area contributed by atoms with Crippen molar-refractivity contribution in [1.29, 1.82) is 0 Å². The number of primary amides is 1. The minimum Gasteiger partial charge on any atom is -0.508 e. The number of likely N-dealkylation sites (N-methyl/N-ethyl adjacent to an activating group) is 3. The SMILES string of the molecule is CCCC[C@H]1C(=O)N2CCC[C@@H]2C(=O)N[C@@H](CC(=O)O)C(=O)N[C@@H](C(C)C)C(=O)N(C)[C@H](Cc2ccc(C)cc2)C(=O)N[C@@H](CC(=O)O)C(=O)N2CCC[C@@H]2C(=O)N[C@@H](Cc2c[nH]c3ccccc23)C(=O)N[C@@H](Cc2ccc(O)cc2)C(=O)N[C@@H](CC(C)C)C(=O)N[C@H](C(=O)NCC(N)=O)CSCC(=O)N[C@@H](Cc2ccc(F)cc2)C(=O)N(C)[C@@H](Cc2ccccc2)C(=O)N1C. The largest absolute Gasteiger partial charge is 0.508 e. The number of carboxylic acid groups (broad SMARTS) is 2. The van der Waals surface area contributed by atoms with E-state index in [1.807, 2.05) is 6.92 Å². The number of carboxylic acids is 2. The molecule has 3 saturated heterocycles. The number of hydrogen-bond acceptors (Lipinski definition) is 19. The summed E-state index contributed by atoms with van der Waals surface area (Å²) >= 11 is 0.780. The molecule has 0 radical (unpaired) electrons. The van der Waals surface area contributed by atoms with Crippen molar-refractivity contribution in [3.8, 4) is 5.75 Å². The highest BCUT2D eigenvalue weighted by atomic mass is 32.2. The van der Waals surface area contributed by atoms with Gasteiger partial charge in [0.1, 0.15) is 90.1 Å². The number of aliphatic carboxylic acids is 2. The summed E-state index contributed by atoms with van der Waals surface area (Å²) in [6.07, 6.45) is -0.914. The fourth-order valence-corrected chi connectivity index (χ4v) is 17.2. The second kappa shape index (κ2) is 47.9. The number of benzene rings is 5. The van der Waals surface area contributed by atoms with Crippen LogP contribution in [0.1, 0.15) is 132 Å². The highest BCUT2D eigenvalue weighted by Crippen LogP contribution is 2.28. The Labute approximate surface area is 762 Å². The van der Waals surface area contributed by atoms with Gasteiger partial charge < -0.3 is 98.4 Å².